The van der Waals surface area contributed by atoms with Crippen molar-refractivity contribution in [1.29, 1.82) is 0 Å². The van der Waals surface area contributed by atoms with Crippen molar-refractivity contribution in [3.05, 3.63) is 53.6 Å². The number of aryl methyl sites for hydroxylation is 1. The number of anilines is 1. The van der Waals surface area contributed by atoms with Crippen molar-refractivity contribution in [1.82, 2.24) is 5.32 Å². The first-order chi connectivity index (χ1) is 14.4. The van der Waals surface area contributed by atoms with E-state index in [1.54, 1.807) is 31.2 Å². The standard InChI is InChI=1S/C23H30N2O5S/c1-15-7-12-19-20(14-23(3,4)30-21(19)13-15)24-22(26)16(2)29-18-10-8-17(9-11-18)25(5)31(6,27)28/h7-13,16,20H,14H2,1-6H3,(H,24,26)/t16-,20+/m0/s1. The van der Waals surface area contributed by atoms with E-state index in [0.717, 1.165) is 23.1 Å². The first-order valence-corrected chi connectivity index (χ1v) is 12.0. The molecule has 0 aromatic heterocycles. The molecule has 0 spiro atoms. The van der Waals surface area contributed by atoms with Crippen molar-refractivity contribution in [2.75, 3.05) is 17.6 Å². The van der Waals surface area contributed by atoms with Crippen LogP contribution < -0.4 is 19.1 Å². The molecule has 1 aliphatic heterocycles. The van der Waals surface area contributed by atoms with E-state index in [-0.39, 0.29) is 11.9 Å². The molecular weight excluding hydrogens is 416 g/mol. The molecule has 2 aromatic rings. The normalized spacial score (nSPS) is 18.3. The number of fused-ring (bicyclic) bond motifs is 1. The molecule has 168 valence electrons. The zero-order valence-electron chi connectivity index (χ0n) is 18.8. The summed E-state index contributed by atoms with van der Waals surface area (Å²) in [6.07, 6.45) is 1.06. The van der Waals surface area contributed by atoms with E-state index in [1.807, 2.05) is 39.0 Å². The van der Waals surface area contributed by atoms with Crippen molar-refractivity contribution in [2.24, 2.45) is 0 Å². The Labute approximate surface area is 184 Å². The highest BCUT2D eigenvalue weighted by atomic mass is 32.2. The first kappa shape index (κ1) is 22.9. The predicted molar refractivity (Wildman–Crippen MR) is 121 cm³/mol. The van der Waals surface area contributed by atoms with Crippen molar-refractivity contribution in [3.63, 3.8) is 0 Å². The smallest absolute Gasteiger partial charge is 0.261 e. The lowest BCUT2D eigenvalue weighted by atomic mass is 9.89. The molecule has 1 N–H and O–H groups in total. The zero-order chi connectivity index (χ0) is 23.0. The second-order valence-corrected chi connectivity index (χ2v) is 10.7. The van der Waals surface area contributed by atoms with Crippen LogP contribution in [0.2, 0.25) is 0 Å². The quantitative estimate of drug-likeness (QED) is 0.733. The van der Waals surface area contributed by atoms with Crippen LogP contribution in [0.15, 0.2) is 42.5 Å². The lowest BCUT2D eigenvalue weighted by molar-refractivity contribution is -0.128. The minimum atomic E-state index is -3.34. The van der Waals surface area contributed by atoms with E-state index in [2.05, 4.69) is 5.32 Å². The van der Waals surface area contributed by atoms with Crippen molar-refractivity contribution in [3.8, 4) is 11.5 Å². The molecule has 0 bridgehead atoms. The summed E-state index contributed by atoms with van der Waals surface area (Å²) in [5.41, 5.74) is 2.18. The monoisotopic (exact) mass is 446 g/mol. The van der Waals surface area contributed by atoms with Gasteiger partial charge in [-0.15, -0.1) is 0 Å². The molecular formula is C23H30N2O5S. The number of hydrogen-bond acceptors (Lipinski definition) is 5. The van der Waals surface area contributed by atoms with Gasteiger partial charge in [0.15, 0.2) is 6.10 Å². The average molecular weight is 447 g/mol. The number of carbonyl (C=O) groups excluding carboxylic acids is 1. The number of nitrogens with one attached hydrogen (secondary N) is 1. The summed E-state index contributed by atoms with van der Waals surface area (Å²) < 4.78 is 36.4. The summed E-state index contributed by atoms with van der Waals surface area (Å²) in [4.78, 5) is 12.8. The topological polar surface area (TPSA) is 84.9 Å². The van der Waals surface area contributed by atoms with Crippen LogP contribution in [-0.2, 0) is 14.8 Å². The highest BCUT2D eigenvalue weighted by Gasteiger charge is 2.35. The summed E-state index contributed by atoms with van der Waals surface area (Å²) in [5.74, 6) is 1.05. The fourth-order valence-electron chi connectivity index (χ4n) is 3.56. The van der Waals surface area contributed by atoms with Gasteiger partial charge in [-0.3, -0.25) is 9.10 Å². The van der Waals surface area contributed by atoms with Gasteiger partial charge in [0.05, 0.1) is 18.0 Å². The van der Waals surface area contributed by atoms with Crippen LogP contribution in [0.25, 0.3) is 0 Å². The maximum absolute atomic E-state index is 12.8. The largest absolute Gasteiger partial charge is 0.487 e. The van der Waals surface area contributed by atoms with Crippen molar-refractivity contribution >= 4 is 21.6 Å². The van der Waals surface area contributed by atoms with Gasteiger partial charge in [0, 0.05) is 19.0 Å². The maximum Gasteiger partial charge on any atom is 0.261 e. The Morgan fingerprint density at radius 3 is 2.48 bits per heavy atom. The van der Waals surface area contributed by atoms with E-state index < -0.39 is 21.7 Å². The average Bonchev–Trinajstić information content (AvgIpc) is 2.66. The van der Waals surface area contributed by atoms with E-state index in [0.29, 0.717) is 17.9 Å². The fourth-order valence-corrected chi connectivity index (χ4v) is 4.06. The molecule has 31 heavy (non-hydrogen) atoms. The van der Waals surface area contributed by atoms with Gasteiger partial charge in [0.25, 0.3) is 5.91 Å². The van der Waals surface area contributed by atoms with Crippen molar-refractivity contribution < 1.29 is 22.7 Å². The molecule has 0 saturated carbocycles. The second-order valence-electron chi connectivity index (χ2n) is 8.65. The number of sulfonamides is 1. The molecule has 0 saturated heterocycles. The summed E-state index contributed by atoms with van der Waals surface area (Å²) in [6, 6.07) is 12.4. The van der Waals surface area contributed by atoms with Crippen LogP contribution in [0.3, 0.4) is 0 Å². The van der Waals surface area contributed by atoms with Crippen LogP contribution in [0.4, 0.5) is 5.69 Å². The predicted octanol–water partition coefficient (Wildman–Crippen LogP) is 3.58. The molecule has 0 fully saturated rings. The number of amides is 1. The van der Waals surface area contributed by atoms with Gasteiger partial charge in [0.2, 0.25) is 10.0 Å². The minimum Gasteiger partial charge on any atom is -0.487 e. The van der Waals surface area contributed by atoms with E-state index in [4.69, 9.17) is 9.47 Å². The first-order valence-electron chi connectivity index (χ1n) is 10.2. The van der Waals surface area contributed by atoms with E-state index in [1.165, 1.54) is 11.4 Å². The van der Waals surface area contributed by atoms with E-state index in [9.17, 15) is 13.2 Å². The van der Waals surface area contributed by atoms with Gasteiger partial charge in [-0.2, -0.15) is 0 Å². The van der Waals surface area contributed by atoms with Gasteiger partial charge in [-0.1, -0.05) is 12.1 Å². The number of benzene rings is 2. The summed E-state index contributed by atoms with van der Waals surface area (Å²) in [6.45, 7) is 7.71. The van der Waals surface area contributed by atoms with Crippen LogP contribution in [0.5, 0.6) is 11.5 Å². The molecule has 7 nitrogen and oxygen atoms in total. The van der Waals surface area contributed by atoms with Gasteiger partial charge in [-0.05, 0) is 63.6 Å². The molecule has 0 unspecified atom stereocenters. The summed E-state index contributed by atoms with van der Waals surface area (Å²) in [5, 5.41) is 3.09. The number of rotatable bonds is 6. The Morgan fingerprint density at radius 2 is 1.87 bits per heavy atom. The van der Waals surface area contributed by atoms with Crippen molar-refractivity contribution in [2.45, 2.75) is 51.9 Å². The Hall–Kier alpha value is -2.74. The molecule has 3 rings (SSSR count). The molecule has 1 aliphatic rings. The Kier molecular flexibility index (Phi) is 6.23. The SMILES string of the molecule is Cc1ccc2c(c1)OC(C)(C)C[C@H]2NC(=O)[C@H](C)Oc1ccc(N(C)S(C)(=O)=O)cc1. The highest BCUT2D eigenvalue weighted by molar-refractivity contribution is 7.92. The Morgan fingerprint density at radius 1 is 1.23 bits per heavy atom. The lowest BCUT2D eigenvalue weighted by Crippen LogP contribution is -2.44. The molecule has 1 heterocycles. The molecule has 0 aliphatic carbocycles. The maximum atomic E-state index is 12.8. The minimum absolute atomic E-state index is 0.177. The third-order valence-corrected chi connectivity index (χ3v) is 6.53. The van der Waals surface area contributed by atoms with Crippen LogP contribution in [0.1, 0.15) is 44.4 Å². The number of hydrogen-bond donors (Lipinski definition) is 1. The highest BCUT2D eigenvalue weighted by Crippen LogP contribution is 2.40. The van der Waals surface area contributed by atoms with Gasteiger partial charge < -0.3 is 14.8 Å². The molecule has 2 aromatic carbocycles. The van der Waals surface area contributed by atoms with E-state index >= 15 is 0 Å². The molecule has 1 amide bonds. The fraction of sp³-hybridized carbons (Fsp3) is 0.435. The second kappa shape index (κ2) is 8.42. The Balaban J connectivity index is 1.69. The number of ether oxygens (including phenoxy) is 2. The third-order valence-electron chi connectivity index (χ3n) is 5.32. The lowest BCUT2D eigenvalue weighted by Gasteiger charge is -2.38. The Bertz CT molecular complexity index is 1060. The summed E-state index contributed by atoms with van der Waals surface area (Å²) in [7, 11) is -1.86. The van der Waals surface area contributed by atoms with Gasteiger partial charge in [-0.25, -0.2) is 8.42 Å². The van der Waals surface area contributed by atoms with Gasteiger partial charge >= 0.3 is 0 Å². The van der Waals surface area contributed by atoms with Crippen LogP contribution >= 0.6 is 0 Å². The summed E-state index contributed by atoms with van der Waals surface area (Å²) >= 11 is 0. The molecule has 8 heteroatoms. The third kappa shape index (κ3) is 5.50. The van der Waals surface area contributed by atoms with Crippen LogP contribution in [-0.4, -0.2) is 39.3 Å². The zero-order valence-corrected chi connectivity index (χ0v) is 19.6. The van der Waals surface area contributed by atoms with Gasteiger partial charge in [0.1, 0.15) is 17.1 Å². The number of carbonyl (C=O) groups is 1. The number of nitrogens with zero attached hydrogens (tertiary/aromatic N) is 1. The molecule has 0 radical (unpaired) electrons. The molecule has 2 atom stereocenters. The van der Waals surface area contributed by atoms with Crippen LogP contribution in [0, 0.1) is 6.92 Å².